The van der Waals surface area contributed by atoms with E-state index in [-0.39, 0.29) is 12.1 Å². The van der Waals surface area contributed by atoms with Crippen LogP contribution in [0.4, 0.5) is 0 Å². The predicted octanol–water partition coefficient (Wildman–Crippen LogP) is 4.77. The number of unbranched alkanes of at least 4 members (excludes halogenated alkanes) is 3. The van der Waals surface area contributed by atoms with Crippen molar-refractivity contribution < 1.29 is 9.53 Å². The molecule has 21 heavy (non-hydrogen) atoms. The highest BCUT2D eigenvalue weighted by Gasteiger charge is 2.13. The molecule has 114 valence electrons. The van der Waals surface area contributed by atoms with E-state index in [9.17, 15) is 4.79 Å². The van der Waals surface area contributed by atoms with E-state index in [0.717, 1.165) is 12.8 Å². The zero-order chi connectivity index (χ0) is 15.5. The highest BCUT2D eigenvalue weighted by molar-refractivity contribution is 5.89. The normalized spacial score (nSPS) is 11.7. The molecule has 0 aliphatic rings. The van der Waals surface area contributed by atoms with Gasteiger partial charge in [0.1, 0.15) is 6.10 Å². The smallest absolute Gasteiger partial charge is 0.338 e. The fourth-order valence-corrected chi connectivity index (χ4v) is 2.18. The van der Waals surface area contributed by atoms with Crippen LogP contribution in [0, 0.1) is 12.3 Å². The topological polar surface area (TPSA) is 26.3 Å². The van der Waals surface area contributed by atoms with Gasteiger partial charge in [-0.2, -0.15) is 0 Å². The molecule has 0 radical (unpaired) electrons. The summed E-state index contributed by atoms with van der Waals surface area (Å²) < 4.78 is 5.40. The molecule has 0 aromatic heterocycles. The van der Waals surface area contributed by atoms with Crippen LogP contribution in [0.1, 0.15) is 68.3 Å². The number of hydrogen-bond donors (Lipinski definition) is 0. The number of terminal acetylenes is 1. The van der Waals surface area contributed by atoms with Crippen LogP contribution in [-0.4, -0.2) is 12.1 Å². The Morgan fingerprint density at radius 1 is 1.19 bits per heavy atom. The Morgan fingerprint density at radius 3 is 2.48 bits per heavy atom. The molecule has 1 aromatic rings. The molecular weight excluding hydrogens is 260 g/mol. The average molecular weight is 286 g/mol. The van der Waals surface area contributed by atoms with Gasteiger partial charge in [0.05, 0.1) is 5.56 Å². The Balaban J connectivity index is 2.49. The molecule has 2 nitrogen and oxygen atoms in total. The van der Waals surface area contributed by atoms with Crippen LogP contribution in [0.25, 0.3) is 0 Å². The third kappa shape index (κ3) is 6.49. The maximum atomic E-state index is 12.0. The lowest BCUT2D eigenvalue weighted by atomic mass is 10.0. The first-order chi connectivity index (χ1) is 10.2. The van der Waals surface area contributed by atoms with Gasteiger partial charge in [0, 0.05) is 6.42 Å². The molecule has 0 heterocycles. The second-order valence-corrected chi connectivity index (χ2v) is 5.35. The first-order valence-corrected chi connectivity index (χ1v) is 7.94. The average Bonchev–Trinajstić information content (AvgIpc) is 2.51. The van der Waals surface area contributed by atoms with Gasteiger partial charge in [0.15, 0.2) is 0 Å². The van der Waals surface area contributed by atoms with E-state index in [0.29, 0.717) is 12.0 Å². The summed E-state index contributed by atoms with van der Waals surface area (Å²) in [5.41, 5.74) is 1.88. The molecule has 0 amide bonds. The lowest BCUT2D eigenvalue weighted by Gasteiger charge is -2.13. The summed E-state index contributed by atoms with van der Waals surface area (Å²) in [6.45, 7) is 4.18. The Kier molecular flexibility index (Phi) is 8.28. The molecule has 0 saturated carbocycles. The molecule has 0 saturated heterocycles. The van der Waals surface area contributed by atoms with Crippen molar-refractivity contribution in [2.45, 2.75) is 64.9 Å². The second-order valence-electron chi connectivity index (χ2n) is 5.35. The highest BCUT2D eigenvalue weighted by Crippen LogP contribution is 2.12. The molecule has 0 N–H and O–H groups in total. The van der Waals surface area contributed by atoms with E-state index in [1.54, 1.807) is 0 Å². The van der Waals surface area contributed by atoms with Crippen molar-refractivity contribution in [1.82, 2.24) is 0 Å². The molecule has 0 bridgehead atoms. The van der Waals surface area contributed by atoms with Crippen LogP contribution in [-0.2, 0) is 11.2 Å². The monoisotopic (exact) mass is 286 g/mol. The highest BCUT2D eigenvalue weighted by atomic mass is 16.5. The van der Waals surface area contributed by atoms with Gasteiger partial charge in [-0.25, -0.2) is 4.79 Å². The van der Waals surface area contributed by atoms with E-state index in [1.165, 1.54) is 31.2 Å². The van der Waals surface area contributed by atoms with Gasteiger partial charge in [-0.3, -0.25) is 0 Å². The Hall–Kier alpha value is -1.75. The summed E-state index contributed by atoms with van der Waals surface area (Å²) in [5, 5.41) is 0. The number of carbonyl (C=O) groups is 1. The minimum absolute atomic E-state index is 0.184. The Bertz CT molecular complexity index is 453. The quantitative estimate of drug-likeness (QED) is 0.371. The molecule has 2 heteroatoms. The summed E-state index contributed by atoms with van der Waals surface area (Å²) >= 11 is 0. The summed E-state index contributed by atoms with van der Waals surface area (Å²) in [7, 11) is 0. The van der Waals surface area contributed by atoms with Crippen molar-refractivity contribution in [3.8, 4) is 12.3 Å². The van der Waals surface area contributed by atoms with E-state index >= 15 is 0 Å². The molecule has 0 fully saturated rings. The number of carbonyl (C=O) groups excluding carboxylic acids is 1. The molecule has 1 rings (SSSR count). The molecule has 0 spiro atoms. The van der Waals surface area contributed by atoms with Crippen LogP contribution >= 0.6 is 0 Å². The number of rotatable bonds is 9. The molecule has 1 atom stereocenters. The largest absolute Gasteiger partial charge is 0.458 e. The number of benzene rings is 1. The Labute approximate surface area is 128 Å². The molecule has 1 aromatic carbocycles. The lowest BCUT2D eigenvalue weighted by Crippen LogP contribution is -2.17. The van der Waals surface area contributed by atoms with E-state index in [4.69, 9.17) is 11.2 Å². The van der Waals surface area contributed by atoms with Gasteiger partial charge in [-0.1, -0.05) is 45.2 Å². The van der Waals surface area contributed by atoms with Crippen LogP contribution in [0.3, 0.4) is 0 Å². The minimum atomic E-state index is -0.283. The van der Waals surface area contributed by atoms with Gasteiger partial charge in [0.2, 0.25) is 0 Å². The summed E-state index contributed by atoms with van der Waals surface area (Å²) in [4.78, 5) is 12.0. The fraction of sp³-hybridized carbons (Fsp3) is 0.526. The number of aryl methyl sites for hydroxylation is 1. The van der Waals surface area contributed by atoms with Crippen molar-refractivity contribution in [3.63, 3.8) is 0 Å². The number of ether oxygens (including phenoxy) is 1. The summed E-state index contributed by atoms with van der Waals surface area (Å²) in [6, 6.07) is 7.73. The lowest BCUT2D eigenvalue weighted by molar-refractivity contribution is 0.0304. The Morgan fingerprint density at radius 2 is 1.90 bits per heavy atom. The van der Waals surface area contributed by atoms with Crippen molar-refractivity contribution in [3.05, 3.63) is 35.4 Å². The summed E-state index contributed by atoms with van der Waals surface area (Å²) in [6.07, 6.45) is 12.4. The van der Waals surface area contributed by atoms with Gasteiger partial charge in [-0.05, 0) is 37.0 Å². The van der Waals surface area contributed by atoms with Crippen molar-refractivity contribution >= 4 is 5.97 Å². The van der Waals surface area contributed by atoms with Gasteiger partial charge in [-0.15, -0.1) is 12.3 Å². The maximum absolute atomic E-state index is 12.0. The number of hydrogen-bond acceptors (Lipinski definition) is 2. The standard InChI is InChI=1S/C19H26O2/c1-4-7-8-9-11-16-12-14-17(15-13-16)19(20)21-18(6-3)10-5-2/h2,12-15,18H,4,6-11H2,1,3H3. The third-order valence-electron chi connectivity index (χ3n) is 3.58. The van der Waals surface area contributed by atoms with Gasteiger partial charge < -0.3 is 4.74 Å². The van der Waals surface area contributed by atoms with Crippen LogP contribution in [0.5, 0.6) is 0 Å². The fourth-order valence-electron chi connectivity index (χ4n) is 2.18. The summed E-state index contributed by atoms with van der Waals surface area (Å²) in [5.74, 6) is 2.26. The van der Waals surface area contributed by atoms with Crippen LogP contribution in [0.15, 0.2) is 24.3 Å². The first-order valence-electron chi connectivity index (χ1n) is 7.94. The SMILES string of the molecule is C#CCC(CC)OC(=O)c1ccc(CCCCCC)cc1. The van der Waals surface area contributed by atoms with Gasteiger partial charge in [0.25, 0.3) is 0 Å². The van der Waals surface area contributed by atoms with Crippen LogP contribution in [0.2, 0.25) is 0 Å². The van der Waals surface area contributed by atoms with Crippen molar-refractivity contribution in [1.29, 1.82) is 0 Å². The predicted molar refractivity (Wildman–Crippen MR) is 87.2 cm³/mol. The zero-order valence-corrected chi connectivity index (χ0v) is 13.2. The number of esters is 1. The molecule has 1 unspecified atom stereocenters. The van der Waals surface area contributed by atoms with E-state index < -0.39 is 0 Å². The van der Waals surface area contributed by atoms with E-state index in [2.05, 4.69) is 12.8 Å². The molecule has 0 aliphatic carbocycles. The zero-order valence-electron chi connectivity index (χ0n) is 13.2. The minimum Gasteiger partial charge on any atom is -0.458 e. The maximum Gasteiger partial charge on any atom is 0.338 e. The second kappa shape index (κ2) is 10.0. The molecular formula is C19H26O2. The molecule has 0 aliphatic heterocycles. The van der Waals surface area contributed by atoms with Crippen LogP contribution < -0.4 is 0 Å². The first kappa shape index (κ1) is 17.3. The van der Waals surface area contributed by atoms with Gasteiger partial charge >= 0.3 is 5.97 Å². The van der Waals surface area contributed by atoms with Crippen molar-refractivity contribution in [2.24, 2.45) is 0 Å². The van der Waals surface area contributed by atoms with E-state index in [1.807, 2.05) is 31.2 Å². The third-order valence-corrected chi connectivity index (χ3v) is 3.58. The van der Waals surface area contributed by atoms with Crippen molar-refractivity contribution in [2.75, 3.05) is 0 Å².